The molecule has 128 valence electrons. The van der Waals surface area contributed by atoms with Crippen molar-refractivity contribution in [2.75, 3.05) is 12.4 Å². The number of para-hydroxylation sites is 1. The topological polar surface area (TPSA) is 64.4 Å². The van der Waals surface area contributed by atoms with Crippen molar-refractivity contribution < 1.29 is 9.66 Å². The van der Waals surface area contributed by atoms with Gasteiger partial charge in [-0.2, -0.15) is 0 Å². The molecule has 6 heteroatoms. The zero-order valence-electron chi connectivity index (χ0n) is 13.6. The van der Waals surface area contributed by atoms with Crippen LogP contribution in [0.3, 0.4) is 0 Å². The average Bonchev–Trinajstić information content (AvgIpc) is 3.11. The smallest absolute Gasteiger partial charge is 0.269 e. The first-order valence-electron chi connectivity index (χ1n) is 8.14. The Hall–Kier alpha value is -2.53. The molecule has 2 aromatic rings. The number of hydrogen-bond acceptors (Lipinski definition) is 4. The summed E-state index contributed by atoms with van der Waals surface area (Å²) in [7, 11) is 1.64. The van der Waals surface area contributed by atoms with Crippen molar-refractivity contribution >= 4 is 23.0 Å². The summed E-state index contributed by atoms with van der Waals surface area (Å²) >= 11 is 6.41. The molecule has 0 unspecified atom stereocenters. The molecule has 0 saturated carbocycles. The minimum absolute atomic E-state index is 0.0505. The molecule has 1 aliphatic heterocycles. The average molecular weight is 357 g/mol. The van der Waals surface area contributed by atoms with E-state index in [0.717, 1.165) is 23.4 Å². The van der Waals surface area contributed by atoms with Crippen molar-refractivity contribution in [3.8, 4) is 5.75 Å². The van der Waals surface area contributed by atoms with E-state index in [1.165, 1.54) is 11.6 Å². The molecule has 0 amide bonds. The van der Waals surface area contributed by atoms with Crippen LogP contribution < -0.4 is 10.1 Å². The SMILES string of the molecule is COc1cccc2c1N[C@H](c1cc([N+](=O)[O-])ccc1Cl)[C@@H]1CC=C[C@H]21. The number of non-ortho nitro benzene ring substituents is 1. The lowest BCUT2D eigenvalue weighted by Crippen LogP contribution is -2.29. The fourth-order valence-corrected chi connectivity index (χ4v) is 4.19. The standard InChI is InChI=1S/C19H17ClN2O3/c1-25-17-7-3-6-14-12-4-2-5-13(12)18(21-19(14)17)15-10-11(22(23)24)8-9-16(15)20/h2-4,6-10,12-13,18,21H,5H2,1H3/t12-,13+,18-/m0/s1. The molecule has 0 saturated heterocycles. The van der Waals surface area contributed by atoms with Crippen LogP contribution in [0.5, 0.6) is 5.75 Å². The van der Waals surface area contributed by atoms with Crippen molar-refractivity contribution in [1.82, 2.24) is 0 Å². The highest BCUT2D eigenvalue weighted by molar-refractivity contribution is 6.31. The highest BCUT2D eigenvalue weighted by Crippen LogP contribution is 2.53. The zero-order valence-corrected chi connectivity index (χ0v) is 14.4. The molecule has 1 N–H and O–H groups in total. The van der Waals surface area contributed by atoms with Gasteiger partial charge in [0, 0.05) is 28.6 Å². The van der Waals surface area contributed by atoms with Crippen LogP contribution in [0.1, 0.15) is 29.5 Å². The molecular weight excluding hydrogens is 340 g/mol. The summed E-state index contributed by atoms with van der Waals surface area (Å²) < 4.78 is 5.51. The number of rotatable bonds is 3. The first-order chi connectivity index (χ1) is 12.1. The number of hydrogen-bond donors (Lipinski definition) is 1. The summed E-state index contributed by atoms with van der Waals surface area (Å²) in [4.78, 5) is 10.8. The van der Waals surface area contributed by atoms with Crippen LogP contribution in [0.25, 0.3) is 0 Å². The quantitative estimate of drug-likeness (QED) is 0.473. The van der Waals surface area contributed by atoms with E-state index in [0.29, 0.717) is 5.02 Å². The molecule has 2 aliphatic rings. The van der Waals surface area contributed by atoms with Crippen LogP contribution in [-0.2, 0) is 0 Å². The summed E-state index contributed by atoms with van der Waals surface area (Å²) in [5, 5.41) is 15.3. The van der Waals surface area contributed by atoms with E-state index >= 15 is 0 Å². The largest absolute Gasteiger partial charge is 0.495 e. The molecule has 0 aromatic heterocycles. The minimum atomic E-state index is -0.387. The van der Waals surface area contributed by atoms with Crippen LogP contribution in [0.4, 0.5) is 11.4 Å². The van der Waals surface area contributed by atoms with Gasteiger partial charge in [-0.25, -0.2) is 0 Å². The Labute approximate surface area is 150 Å². The molecule has 0 spiro atoms. The second kappa shape index (κ2) is 6.08. The highest BCUT2D eigenvalue weighted by Gasteiger charge is 2.40. The second-order valence-corrected chi connectivity index (χ2v) is 6.77. The van der Waals surface area contributed by atoms with Gasteiger partial charge < -0.3 is 10.1 Å². The Morgan fingerprint density at radius 2 is 2.12 bits per heavy atom. The minimum Gasteiger partial charge on any atom is -0.495 e. The maximum Gasteiger partial charge on any atom is 0.269 e. The maximum absolute atomic E-state index is 11.2. The Morgan fingerprint density at radius 3 is 2.88 bits per heavy atom. The van der Waals surface area contributed by atoms with E-state index in [4.69, 9.17) is 16.3 Å². The third-order valence-corrected chi connectivity index (χ3v) is 5.45. The molecule has 5 nitrogen and oxygen atoms in total. The van der Waals surface area contributed by atoms with E-state index in [1.54, 1.807) is 19.2 Å². The van der Waals surface area contributed by atoms with Crippen LogP contribution in [0, 0.1) is 16.0 Å². The molecule has 1 heterocycles. The number of nitrogens with zero attached hydrogens (tertiary/aromatic N) is 1. The summed E-state index contributed by atoms with van der Waals surface area (Å²) in [6.07, 6.45) is 5.28. The van der Waals surface area contributed by atoms with E-state index in [9.17, 15) is 10.1 Å². The number of halogens is 1. The second-order valence-electron chi connectivity index (χ2n) is 6.36. The highest BCUT2D eigenvalue weighted by atomic mass is 35.5. The van der Waals surface area contributed by atoms with Gasteiger partial charge in [-0.1, -0.05) is 35.9 Å². The number of nitrogens with one attached hydrogen (secondary N) is 1. The molecule has 4 rings (SSSR count). The van der Waals surface area contributed by atoms with Crippen LogP contribution in [-0.4, -0.2) is 12.0 Å². The van der Waals surface area contributed by atoms with E-state index in [-0.39, 0.29) is 28.5 Å². The van der Waals surface area contributed by atoms with Crippen LogP contribution >= 0.6 is 11.6 Å². The predicted molar refractivity (Wildman–Crippen MR) is 97.5 cm³/mol. The summed E-state index contributed by atoms with van der Waals surface area (Å²) in [5.41, 5.74) is 2.93. The molecule has 0 radical (unpaired) electrons. The van der Waals surface area contributed by atoms with E-state index < -0.39 is 0 Å². The fourth-order valence-electron chi connectivity index (χ4n) is 3.95. The molecule has 0 fully saturated rings. The number of methoxy groups -OCH3 is 1. The molecule has 2 aromatic carbocycles. The van der Waals surface area contributed by atoms with Gasteiger partial charge in [0.25, 0.3) is 5.69 Å². The summed E-state index contributed by atoms with van der Waals surface area (Å²) in [5.74, 6) is 1.27. The molecule has 25 heavy (non-hydrogen) atoms. The molecule has 0 bridgehead atoms. The lowest BCUT2D eigenvalue weighted by atomic mass is 9.77. The lowest BCUT2D eigenvalue weighted by Gasteiger charge is -2.38. The number of anilines is 1. The Bertz CT molecular complexity index is 881. The predicted octanol–water partition coefficient (Wildman–Crippen LogP) is 5.08. The van der Waals surface area contributed by atoms with Crippen molar-refractivity contribution in [1.29, 1.82) is 0 Å². The van der Waals surface area contributed by atoms with Crippen LogP contribution in [0.15, 0.2) is 48.6 Å². The normalized spacial score (nSPS) is 23.5. The Balaban J connectivity index is 1.84. The lowest BCUT2D eigenvalue weighted by molar-refractivity contribution is -0.384. The number of nitro groups is 1. The van der Waals surface area contributed by atoms with Gasteiger partial charge in [0.05, 0.1) is 23.8 Å². The first kappa shape index (κ1) is 16.0. The number of nitro benzene ring substituents is 1. The van der Waals surface area contributed by atoms with Crippen molar-refractivity contribution in [3.05, 3.63) is 74.8 Å². The van der Waals surface area contributed by atoms with Crippen molar-refractivity contribution in [2.45, 2.75) is 18.4 Å². The number of fused-ring (bicyclic) bond motifs is 3. The zero-order chi connectivity index (χ0) is 17.6. The summed E-state index contributed by atoms with van der Waals surface area (Å²) in [6, 6.07) is 10.5. The first-order valence-corrected chi connectivity index (χ1v) is 8.52. The van der Waals surface area contributed by atoms with Gasteiger partial charge in [-0.15, -0.1) is 0 Å². The third kappa shape index (κ3) is 2.55. The van der Waals surface area contributed by atoms with Gasteiger partial charge in [-0.3, -0.25) is 10.1 Å². The van der Waals surface area contributed by atoms with Gasteiger partial charge >= 0.3 is 0 Å². The summed E-state index contributed by atoms with van der Waals surface area (Å²) in [6.45, 7) is 0. The number of ether oxygens (including phenoxy) is 1. The maximum atomic E-state index is 11.2. The fraction of sp³-hybridized carbons (Fsp3) is 0.263. The van der Waals surface area contributed by atoms with Gasteiger partial charge in [-0.05, 0) is 30.0 Å². The molecular formula is C19H17ClN2O3. The Morgan fingerprint density at radius 1 is 1.28 bits per heavy atom. The van der Waals surface area contributed by atoms with E-state index in [2.05, 4.69) is 23.5 Å². The van der Waals surface area contributed by atoms with Gasteiger partial charge in [0.2, 0.25) is 0 Å². The molecule has 3 atom stereocenters. The Kier molecular flexibility index (Phi) is 3.88. The van der Waals surface area contributed by atoms with Gasteiger partial charge in [0.1, 0.15) is 5.75 Å². The van der Waals surface area contributed by atoms with Crippen LogP contribution in [0.2, 0.25) is 5.02 Å². The van der Waals surface area contributed by atoms with Crippen molar-refractivity contribution in [2.24, 2.45) is 5.92 Å². The van der Waals surface area contributed by atoms with Gasteiger partial charge in [0.15, 0.2) is 0 Å². The number of allylic oxidation sites excluding steroid dienone is 2. The molecule has 1 aliphatic carbocycles. The third-order valence-electron chi connectivity index (χ3n) is 5.10. The number of benzene rings is 2. The monoisotopic (exact) mass is 356 g/mol. The van der Waals surface area contributed by atoms with Crippen molar-refractivity contribution in [3.63, 3.8) is 0 Å². The van der Waals surface area contributed by atoms with E-state index in [1.807, 2.05) is 12.1 Å².